The Bertz CT molecular complexity index is 1300. The lowest BCUT2D eigenvalue weighted by molar-refractivity contribution is -0.139. The molecule has 0 saturated carbocycles. The molecule has 1 aromatic heterocycles. The lowest BCUT2D eigenvalue weighted by atomic mass is 9.82. The predicted octanol–water partition coefficient (Wildman–Crippen LogP) is 5.87. The van der Waals surface area contributed by atoms with Gasteiger partial charge in [0.25, 0.3) is 0 Å². The highest BCUT2D eigenvalue weighted by atomic mass is 16.5. The Morgan fingerprint density at radius 1 is 0.944 bits per heavy atom. The van der Waals surface area contributed by atoms with Gasteiger partial charge >= 0.3 is 5.97 Å². The molecule has 36 heavy (non-hydrogen) atoms. The highest BCUT2D eigenvalue weighted by Gasteiger charge is 2.28. The van der Waals surface area contributed by atoms with Gasteiger partial charge in [-0.1, -0.05) is 72.8 Å². The van der Waals surface area contributed by atoms with Gasteiger partial charge in [0.1, 0.15) is 11.4 Å². The summed E-state index contributed by atoms with van der Waals surface area (Å²) in [6.07, 6.45) is 3.41. The lowest BCUT2D eigenvalue weighted by Gasteiger charge is -2.25. The Morgan fingerprint density at radius 2 is 1.67 bits per heavy atom. The van der Waals surface area contributed by atoms with Gasteiger partial charge in [-0.25, -0.2) is 9.78 Å². The van der Waals surface area contributed by atoms with Crippen LogP contribution in [0.15, 0.2) is 95.4 Å². The SMILES string of the molecule is O=C(O)COc1cccc(C[C@@H]2CCC(O)C=C2c2nc(-c3ccccc3)c(-c3ccccc3)o2)c1. The maximum atomic E-state index is 10.9. The summed E-state index contributed by atoms with van der Waals surface area (Å²) in [6.45, 7) is -0.384. The highest BCUT2D eigenvalue weighted by molar-refractivity contribution is 5.79. The third-order valence-electron chi connectivity index (χ3n) is 6.32. The first-order valence-electron chi connectivity index (χ1n) is 12.0. The molecule has 0 fully saturated rings. The molecule has 0 saturated heterocycles. The van der Waals surface area contributed by atoms with Crippen LogP contribution in [0.25, 0.3) is 28.2 Å². The molecule has 6 nitrogen and oxygen atoms in total. The second kappa shape index (κ2) is 10.6. The number of carbonyl (C=O) groups is 1. The first-order valence-corrected chi connectivity index (χ1v) is 12.0. The molecule has 5 rings (SSSR count). The number of carboxylic acid groups (broad SMARTS) is 1. The summed E-state index contributed by atoms with van der Waals surface area (Å²) in [4.78, 5) is 15.8. The molecular weight excluding hydrogens is 454 g/mol. The molecule has 0 amide bonds. The third kappa shape index (κ3) is 5.39. The highest BCUT2D eigenvalue weighted by Crippen LogP contribution is 2.40. The summed E-state index contributed by atoms with van der Waals surface area (Å²) >= 11 is 0. The van der Waals surface area contributed by atoms with Crippen molar-refractivity contribution < 1.29 is 24.2 Å². The number of aliphatic hydroxyl groups is 1. The van der Waals surface area contributed by atoms with E-state index in [1.54, 1.807) is 6.07 Å². The fourth-order valence-electron chi connectivity index (χ4n) is 4.62. The van der Waals surface area contributed by atoms with Gasteiger partial charge in [0.2, 0.25) is 5.89 Å². The maximum absolute atomic E-state index is 10.9. The summed E-state index contributed by atoms with van der Waals surface area (Å²) in [7, 11) is 0. The van der Waals surface area contributed by atoms with Gasteiger partial charge in [0.05, 0.1) is 6.10 Å². The molecule has 2 N–H and O–H groups in total. The Balaban J connectivity index is 1.50. The van der Waals surface area contributed by atoms with Crippen LogP contribution in [-0.4, -0.2) is 33.9 Å². The van der Waals surface area contributed by atoms with Gasteiger partial charge in [-0.15, -0.1) is 0 Å². The standard InChI is InChI=1S/C30H27NO5/c32-24-15-14-23(16-20-8-7-13-25(17-20)35-19-27(33)34)26(18-24)30-31-28(21-9-3-1-4-10-21)29(36-30)22-11-5-2-6-12-22/h1-13,17-18,23-24,32H,14-16,19H2,(H,33,34)/t23-,24?/m0/s1. The van der Waals surface area contributed by atoms with Crippen LogP contribution in [0, 0.1) is 5.92 Å². The monoisotopic (exact) mass is 481 g/mol. The average Bonchev–Trinajstić information content (AvgIpc) is 3.35. The smallest absolute Gasteiger partial charge is 0.341 e. The Kier molecular flexibility index (Phi) is 6.96. The van der Waals surface area contributed by atoms with Crippen LogP contribution in [0.3, 0.4) is 0 Å². The first kappa shape index (κ1) is 23.6. The fraction of sp³-hybridized carbons (Fsp3) is 0.200. The number of hydrogen-bond donors (Lipinski definition) is 2. The summed E-state index contributed by atoms with van der Waals surface area (Å²) < 4.78 is 11.8. The number of benzene rings is 3. The molecule has 0 bridgehead atoms. The summed E-state index contributed by atoms with van der Waals surface area (Å²) in [5.41, 5.74) is 4.56. The topological polar surface area (TPSA) is 92.8 Å². The minimum absolute atomic E-state index is 0.0778. The van der Waals surface area contributed by atoms with Crippen LogP contribution in [-0.2, 0) is 11.2 Å². The van der Waals surface area contributed by atoms with Crippen molar-refractivity contribution in [2.75, 3.05) is 6.61 Å². The van der Waals surface area contributed by atoms with Gasteiger partial charge in [-0.05, 0) is 49.0 Å². The number of aromatic nitrogens is 1. The maximum Gasteiger partial charge on any atom is 0.341 e. The number of rotatable bonds is 8. The van der Waals surface area contributed by atoms with Gasteiger partial charge in [-0.2, -0.15) is 0 Å². The number of carboxylic acids is 1. The normalized spacial score (nSPS) is 17.4. The molecule has 6 heteroatoms. The quantitative estimate of drug-likeness (QED) is 0.327. The predicted molar refractivity (Wildman–Crippen MR) is 137 cm³/mol. The van der Waals surface area contributed by atoms with E-state index >= 15 is 0 Å². The van der Waals surface area contributed by atoms with E-state index in [2.05, 4.69) is 0 Å². The van der Waals surface area contributed by atoms with Crippen LogP contribution in [0.1, 0.15) is 24.3 Å². The molecule has 0 spiro atoms. The van der Waals surface area contributed by atoms with Gasteiger partial charge in [-0.3, -0.25) is 0 Å². The van der Waals surface area contributed by atoms with Crippen molar-refractivity contribution in [3.8, 4) is 28.3 Å². The zero-order valence-electron chi connectivity index (χ0n) is 19.7. The van der Waals surface area contributed by atoms with Gasteiger partial charge in [0, 0.05) is 16.7 Å². The summed E-state index contributed by atoms with van der Waals surface area (Å²) in [5.74, 6) is 0.786. The summed E-state index contributed by atoms with van der Waals surface area (Å²) in [5, 5.41) is 19.4. The lowest BCUT2D eigenvalue weighted by Crippen LogP contribution is -2.19. The molecule has 0 aliphatic heterocycles. The Hall–Kier alpha value is -4.16. The molecule has 1 aliphatic rings. The van der Waals surface area contributed by atoms with Crippen LogP contribution in [0.5, 0.6) is 5.75 Å². The number of oxazole rings is 1. The fourth-order valence-corrected chi connectivity index (χ4v) is 4.62. The van der Waals surface area contributed by atoms with Crippen LogP contribution < -0.4 is 4.74 Å². The van der Waals surface area contributed by atoms with Crippen molar-refractivity contribution >= 4 is 11.5 Å². The van der Waals surface area contributed by atoms with E-state index in [1.165, 1.54) is 0 Å². The van der Waals surface area contributed by atoms with Crippen LogP contribution in [0.4, 0.5) is 0 Å². The van der Waals surface area contributed by atoms with E-state index in [0.29, 0.717) is 30.2 Å². The zero-order chi connectivity index (χ0) is 24.9. The Labute approximate surface area is 209 Å². The van der Waals surface area contributed by atoms with E-state index in [0.717, 1.165) is 34.4 Å². The van der Waals surface area contributed by atoms with Crippen molar-refractivity contribution in [1.82, 2.24) is 4.98 Å². The van der Waals surface area contributed by atoms with Crippen molar-refractivity contribution in [3.05, 3.63) is 102 Å². The van der Waals surface area contributed by atoms with Crippen LogP contribution >= 0.6 is 0 Å². The average molecular weight is 482 g/mol. The van der Waals surface area contributed by atoms with Crippen molar-refractivity contribution in [2.24, 2.45) is 5.92 Å². The molecular formula is C30H27NO5. The van der Waals surface area contributed by atoms with Crippen molar-refractivity contribution in [1.29, 1.82) is 0 Å². The van der Waals surface area contributed by atoms with Crippen molar-refractivity contribution in [3.63, 3.8) is 0 Å². The van der Waals surface area contributed by atoms with E-state index in [1.807, 2.05) is 84.9 Å². The van der Waals surface area contributed by atoms with E-state index < -0.39 is 12.1 Å². The minimum atomic E-state index is -1.01. The zero-order valence-corrected chi connectivity index (χ0v) is 19.7. The minimum Gasteiger partial charge on any atom is -0.482 e. The summed E-state index contributed by atoms with van der Waals surface area (Å²) in [6, 6.07) is 27.3. The number of aliphatic carboxylic acids is 1. The largest absolute Gasteiger partial charge is 0.482 e. The second-order valence-corrected chi connectivity index (χ2v) is 8.93. The molecule has 182 valence electrons. The molecule has 1 unspecified atom stereocenters. The van der Waals surface area contributed by atoms with Gasteiger partial charge < -0.3 is 19.4 Å². The molecule has 1 heterocycles. The van der Waals surface area contributed by atoms with Crippen LogP contribution in [0.2, 0.25) is 0 Å². The second-order valence-electron chi connectivity index (χ2n) is 8.93. The van der Waals surface area contributed by atoms with Crippen molar-refractivity contribution in [2.45, 2.75) is 25.4 Å². The van der Waals surface area contributed by atoms with E-state index in [4.69, 9.17) is 19.2 Å². The van der Waals surface area contributed by atoms with Gasteiger partial charge in [0.15, 0.2) is 12.4 Å². The number of allylic oxidation sites excluding steroid dienone is 1. The molecule has 2 atom stereocenters. The first-order chi connectivity index (χ1) is 17.6. The third-order valence-corrected chi connectivity index (χ3v) is 6.32. The molecule has 1 aliphatic carbocycles. The Morgan fingerprint density at radius 3 is 2.39 bits per heavy atom. The van der Waals surface area contributed by atoms with E-state index in [9.17, 15) is 9.90 Å². The number of nitrogens with zero attached hydrogens (tertiary/aromatic N) is 1. The number of aliphatic hydroxyl groups excluding tert-OH is 1. The molecule has 4 aromatic rings. The number of hydrogen-bond acceptors (Lipinski definition) is 5. The number of ether oxygens (including phenoxy) is 1. The molecule has 3 aromatic carbocycles. The molecule has 0 radical (unpaired) electrons. The van der Waals surface area contributed by atoms with E-state index in [-0.39, 0.29) is 12.5 Å².